The minimum absolute atomic E-state index is 0.0327. The highest BCUT2D eigenvalue weighted by atomic mass is 16.3. The number of aromatic nitrogens is 1. The largest absolute Gasteiger partial charge is 0.391 e. The molecule has 50 heavy (non-hydrogen) atoms. The van der Waals surface area contributed by atoms with Crippen molar-refractivity contribution in [2.45, 2.75) is 43.4 Å². The third-order valence-electron chi connectivity index (χ3n) is 8.44. The number of rotatable bonds is 15. The summed E-state index contributed by atoms with van der Waals surface area (Å²) in [6, 6.07) is 35.5. The van der Waals surface area contributed by atoms with Gasteiger partial charge in [-0.05, 0) is 35.7 Å². The van der Waals surface area contributed by atoms with Crippen molar-refractivity contribution in [1.82, 2.24) is 25.6 Å². The highest BCUT2D eigenvalue weighted by Crippen LogP contribution is 2.36. The average Bonchev–Trinajstić information content (AvgIpc) is 3.12. The second kappa shape index (κ2) is 16.3. The molecule has 5 aromatic rings. The standard InChI is InChI=1S/C38H41N8O4/c1-26(47)35(44-37(50)33(23-34(39)48)43-36(49)32-22-21-29-17-11-12-20-31(29)42-32)38(30-18-9-4-10-19-30,45(40)24-27-13-5-2-6-14-27)46(41)25-28-15-7-3-8-16-28/h2-22,26,33,35,47H,1,23-25,40-41H2,(H2,39,48)(H,43,49)(H,44,50)/t26?,33-,35?/m0/s1. The minimum Gasteiger partial charge on any atom is -0.391 e. The number of carbonyl (C=O) groups is 3. The quantitative estimate of drug-likeness (QED) is 0.0550. The fourth-order valence-electron chi connectivity index (χ4n) is 6.07. The summed E-state index contributed by atoms with van der Waals surface area (Å²) in [5, 5.41) is 20.6. The van der Waals surface area contributed by atoms with Crippen LogP contribution in [0.25, 0.3) is 10.9 Å². The number of carbonyl (C=O) groups excluding carboxylic acids is 3. The number of hydrogen-bond donors (Lipinski definition) is 6. The minimum atomic E-state index is -1.66. The molecule has 0 fully saturated rings. The van der Waals surface area contributed by atoms with Crippen LogP contribution in [0, 0.1) is 6.92 Å². The molecule has 1 aromatic heterocycles. The number of pyridine rings is 1. The maximum absolute atomic E-state index is 14.2. The van der Waals surface area contributed by atoms with Crippen molar-refractivity contribution >= 4 is 28.6 Å². The lowest BCUT2D eigenvalue weighted by Gasteiger charge is -2.53. The van der Waals surface area contributed by atoms with Crippen LogP contribution in [0.1, 0.15) is 33.6 Å². The maximum Gasteiger partial charge on any atom is 0.270 e. The van der Waals surface area contributed by atoms with Crippen molar-refractivity contribution in [2.75, 3.05) is 0 Å². The average molecular weight is 674 g/mol. The highest BCUT2D eigenvalue weighted by molar-refractivity contribution is 5.99. The Morgan fingerprint density at radius 3 is 1.80 bits per heavy atom. The Kier molecular flexibility index (Phi) is 11.6. The van der Waals surface area contributed by atoms with E-state index in [0.717, 1.165) is 16.5 Å². The van der Waals surface area contributed by atoms with E-state index in [0.29, 0.717) is 11.1 Å². The molecule has 0 aliphatic heterocycles. The molecule has 0 bridgehead atoms. The van der Waals surface area contributed by atoms with Gasteiger partial charge in [-0.3, -0.25) is 26.1 Å². The number of nitrogens with one attached hydrogen (secondary N) is 2. The van der Waals surface area contributed by atoms with Crippen molar-refractivity contribution in [3.8, 4) is 0 Å². The van der Waals surface area contributed by atoms with Crippen molar-refractivity contribution < 1.29 is 19.5 Å². The number of nitrogens with zero attached hydrogens (tertiary/aromatic N) is 3. The first kappa shape index (κ1) is 35.8. The molecule has 9 N–H and O–H groups in total. The number of hydrazine groups is 2. The summed E-state index contributed by atoms with van der Waals surface area (Å²) in [5.41, 5.74) is 6.68. The van der Waals surface area contributed by atoms with Crippen LogP contribution in [0.15, 0.2) is 127 Å². The van der Waals surface area contributed by atoms with Crippen LogP contribution in [0.5, 0.6) is 0 Å². The Morgan fingerprint density at radius 2 is 1.26 bits per heavy atom. The van der Waals surface area contributed by atoms with E-state index in [1.165, 1.54) is 16.1 Å². The molecule has 257 valence electrons. The number of hydrogen-bond acceptors (Lipinski definition) is 9. The summed E-state index contributed by atoms with van der Waals surface area (Å²) in [7, 11) is 0. The van der Waals surface area contributed by atoms with Gasteiger partial charge in [0.05, 0.1) is 24.1 Å². The smallest absolute Gasteiger partial charge is 0.270 e. The molecular formula is C38H41N8O4. The Balaban J connectivity index is 1.56. The Morgan fingerprint density at radius 1 is 0.740 bits per heavy atom. The zero-order valence-electron chi connectivity index (χ0n) is 27.4. The van der Waals surface area contributed by atoms with Gasteiger partial charge in [-0.25, -0.2) is 15.0 Å². The van der Waals surface area contributed by atoms with E-state index in [2.05, 4.69) is 22.5 Å². The van der Waals surface area contributed by atoms with Crippen LogP contribution in [-0.4, -0.2) is 56.0 Å². The predicted octanol–water partition coefficient (Wildman–Crippen LogP) is 2.49. The third kappa shape index (κ3) is 8.20. The molecule has 1 radical (unpaired) electrons. The third-order valence-corrected chi connectivity index (χ3v) is 8.44. The summed E-state index contributed by atoms with van der Waals surface area (Å²) < 4.78 is 0. The van der Waals surface area contributed by atoms with Crippen LogP contribution in [0.2, 0.25) is 0 Å². The fourth-order valence-corrected chi connectivity index (χ4v) is 6.07. The number of benzene rings is 4. The van der Waals surface area contributed by atoms with Gasteiger partial charge in [0, 0.05) is 18.5 Å². The summed E-state index contributed by atoms with van der Waals surface area (Å²) >= 11 is 0. The van der Waals surface area contributed by atoms with Gasteiger partial charge in [0.1, 0.15) is 17.4 Å². The second-order valence-corrected chi connectivity index (χ2v) is 12.0. The van der Waals surface area contributed by atoms with Crippen molar-refractivity contribution in [3.05, 3.63) is 157 Å². The lowest BCUT2D eigenvalue weighted by Crippen LogP contribution is -2.74. The van der Waals surface area contributed by atoms with Gasteiger partial charge < -0.3 is 21.5 Å². The molecule has 0 spiro atoms. The number of para-hydroxylation sites is 1. The van der Waals surface area contributed by atoms with Gasteiger partial charge in [-0.15, -0.1) is 0 Å². The molecule has 4 aromatic carbocycles. The molecule has 0 aliphatic rings. The molecular weight excluding hydrogens is 632 g/mol. The molecule has 12 heteroatoms. The number of amides is 3. The van der Waals surface area contributed by atoms with Gasteiger partial charge in [0.2, 0.25) is 11.8 Å². The molecule has 12 nitrogen and oxygen atoms in total. The molecule has 0 aliphatic carbocycles. The molecule has 0 saturated heterocycles. The Bertz CT molecular complexity index is 1850. The number of nitrogens with two attached hydrogens (primary N) is 3. The van der Waals surface area contributed by atoms with E-state index in [-0.39, 0.29) is 18.8 Å². The molecule has 5 rings (SSSR count). The molecule has 3 amide bonds. The number of aliphatic hydroxyl groups is 1. The first-order valence-corrected chi connectivity index (χ1v) is 16.0. The van der Waals surface area contributed by atoms with E-state index < -0.39 is 48.0 Å². The predicted molar refractivity (Wildman–Crippen MR) is 191 cm³/mol. The molecule has 0 saturated carbocycles. The van der Waals surface area contributed by atoms with Crippen LogP contribution >= 0.6 is 0 Å². The van der Waals surface area contributed by atoms with E-state index in [1.807, 2.05) is 78.9 Å². The lowest BCUT2D eigenvalue weighted by molar-refractivity contribution is -0.143. The Hall–Kier alpha value is -5.50. The van der Waals surface area contributed by atoms with Crippen LogP contribution < -0.4 is 28.1 Å². The number of primary amides is 1. The van der Waals surface area contributed by atoms with Crippen molar-refractivity contribution in [2.24, 2.45) is 17.4 Å². The number of aliphatic hydroxyl groups excluding tert-OH is 1. The maximum atomic E-state index is 14.2. The van der Waals surface area contributed by atoms with Crippen molar-refractivity contribution in [3.63, 3.8) is 0 Å². The summed E-state index contributed by atoms with van der Waals surface area (Å²) in [6.45, 7) is 4.17. The van der Waals surface area contributed by atoms with Crippen LogP contribution in [0.3, 0.4) is 0 Å². The topological polar surface area (TPSA) is 193 Å². The van der Waals surface area contributed by atoms with Gasteiger partial charge in [0.15, 0.2) is 0 Å². The number of fused-ring (bicyclic) bond motifs is 1. The molecule has 3 atom stereocenters. The monoisotopic (exact) mass is 673 g/mol. The van der Waals surface area contributed by atoms with Crippen LogP contribution in [0.4, 0.5) is 0 Å². The van der Waals surface area contributed by atoms with Gasteiger partial charge >= 0.3 is 0 Å². The van der Waals surface area contributed by atoms with Gasteiger partial charge in [0.25, 0.3) is 5.91 Å². The van der Waals surface area contributed by atoms with E-state index in [1.54, 1.807) is 42.5 Å². The second-order valence-electron chi connectivity index (χ2n) is 12.0. The summed E-state index contributed by atoms with van der Waals surface area (Å²) in [5.74, 6) is 11.7. The van der Waals surface area contributed by atoms with E-state index in [4.69, 9.17) is 17.4 Å². The lowest BCUT2D eigenvalue weighted by atomic mass is 9.85. The van der Waals surface area contributed by atoms with E-state index in [9.17, 15) is 19.5 Å². The van der Waals surface area contributed by atoms with E-state index >= 15 is 0 Å². The molecule has 1 heterocycles. The highest BCUT2D eigenvalue weighted by Gasteiger charge is 2.52. The summed E-state index contributed by atoms with van der Waals surface area (Å²) in [4.78, 5) is 44.3. The first-order chi connectivity index (χ1) is 24.1. The zero-order valence-corrected chi connectivity index (χ0v) is 27.4. The van der Waals surface area contributed by atoms with Crippen LogP contribution in [-0.2, 0) is 28.3 Å². The molecule has 2 unspecified atom stereocenters. The Labute approximate surface area is 290 Å². The van der Waals surface area contributed by atoms with Crippen molar-refractivity contribution in [1.29, 1.82) is 0 Å². The van der Waals surface area contributed by atoms with Gasteiger partial charge in [-0.2, -0.15) is 0 Å². The normalized spacial score (nSPS) is 13.5. The first-order valence-electron chi connectivity index (χ1n) is 16.0. The van der Waals surface area contributed by atoms with Gasteiger partial charge in [-0.1, -0.05) is 115 Å². The zero-order chi connectivity index (χ0) is 35.7. The SMILES string of the molecule is [CH2]C(O)C(NC(=O)[C@H](CC(N)=O)NC(=O)c1ccc2ccccc2n1)C(c1ccccc1)(N(N)Cc1ccccc1)N(N)Cc1ccccc1. The fraction of sp³-hybridized carbons (Fsp3) is 0.184. The summed E-state index contributed by atoms with van der Waals surface area (Å²) in [6.07, 6.45) is -2.06.